The van der Waals surface area contributed by atoms with E-state index in [4.69, 9.17) is 9.57 Å². The Morgan fingerprint density at radius 1 is 1.15 bits per heavy atom. The fourth-order valence-corrected chi connectivity index (χ4v) is 2.93. The average molecular weight is 353 g/mol. The van der Waals surface area contributed by atoms with Gasteiger partial charge in [-0.1, -0.05) is 49.3 Å². The molecule has 1 heterocycles. The number of hydrogen-bond acceptors (Lipinski definition) is 5. The van der Waals surface area contributed by atoms with E-state index < -0.39 is 0 Å². The summed E-state index contributed by atoms with van der Waals surface area (Å²) in [4.78, 5) is 18.0. The van der Waals surface area contributed by atoms with E-state index in [1.807, 2.05) is 44.2 Å². The van der Waals surface area contributed by atoms with E-state index in [0.717, 1.165) is 11.1 Å². The number of esters is 1. The highest BCUT2D eigenvalue weighted by Gasteiger charge is 2.38. The van der Waals surface area contributed by atoms with Gasteiger partial charge >= 0.3 is 5.97 Å². The Morgan fingerprint density at radius 2 is 1.85 bits per heavy atom. The zero-order chi connectivity index (χ0) is 18.5. The molecule has 0 saturated carbocycles. The molecule has 2 aromatic rings. The SMILES string of the molecule is CC(C)COC(=O)CC1C(c2ccc(O)cc2)=NOC1c1ccccc1. The first-order valence-corrected chi connectivity index (χ1v) is 8.78. The van der Waals surface area contributed by atoms with Gasteiger partial charge in [0.2, 0.25) is 0 Å². The normalized spacial score (nSPS) is 19.1. The molecule has 1 aliphatic rings. The largest absolute Gasteiger partial charge is 0.508 e. The number of carbonyl (C=O) groups excluding carboxylic acids is 1. The third-order valence-electron chi connectivity index (χ3n) is 4.24. The predicted molar refractivity (Wildman–Crippen MR) is 98.8 cm³/mol. The molecular weight excluding hydrogens is 330 g/mol. The third kappa shape index (κ3) is 4.23. The van der Waals surface area contributed by atoms with E-state index in [-0.39, 0.29) is 36.1 Å². The molecule has 0 aliphatic carbocycles. The summed E-state index contributed by atoms with van der Waals surface area (Å²) in [6.07, 6.45) is -0.155. The zero-order valence-electron chi connectivity index (χ0n) is 15.0. The van der Waals surface area contributed by atoms with Gasteiger partial charge in [0.15, 0.2) is 6.10 Å². The average Bonchev–Trinajstić information content (AvgIpc) is 3.05. The molecule has 0 radical (unpaired) electrons. The van der Waals surface area contributed by atoms with E-state index in [9.17, 15) is 9.90 Å². The number of rotatable bonds is 6. The molecule has 2 atom stereocenters. The molecular formula is C21H23NO4. The van der Waals surface area contributed by atoms with Crippen molar-refractivity contribution in [2.24, 2.45) is 17.0 Å². The highest BCUT2D eigenvalue weighted by molar-refractivity contribution is 6.04. The van der Waals surface area contributed by atoms with E-state index in [1.165, 1.54) is 0 Å². The monoisotopic (exact) mass is 353 g/mol. The van der Waals surface area contributed by atoms with Crippen LogP contribution in [0.4, 0.5) is 0 Å². The van der Waals surface area contributed by atoms with Gasteiger partial charge in [0.05, 0.1) is 24.7 Å². The molecule has 26 heavy (non-hydrogen) atoms. The standard InChI is InChI=1S/C21H23NO4/c1-14(2)13-25-19(24)12-18-20(15-8-10-17(23)11-9-15)22-26-21(18)16-6-4-3-5-7-16/h3-11,14,18,21,23H,12-13H2,1-2H3. The summed E-state index contributed by atoms with van der Waals surface area (Å²) in [5.41, 5.74) is 2.48. The summed E-state index contributed by atoms with van der Waals surface area (Å²) < 4.78 is 5.36. The lowest BCUT2D eigenvalue weighted by atomic mass is 9.86. The minimum Gasteiger partial charge on any atom is -0.508 e. The molecule has 0 bridgehead atoms. The van der Waals surface area contributed by atoms with Crippen molar-refractivity contribution in [2.75, 3.05) is 6.61 Å². The van der Waals surface area contributed by atoms with E-state index >= 15 is 0 Å². The molecule has 0 amide bonds. The number of phenols is 1. The number of ether oxygens (including phenoxy) is 1. The summed E-state index contributed by atoms with van der Waals surface area (Å²) in [7, 11) is 0. The lowest BCUT2D eigenvalue weighted by Crippen LogP contribution is -2.23. The van der Waals surface area contributed by atoms with Crippen molar-refractivity contribution in [1.29, 1.82) is 0 Å². The van der Waals surface area contributed by atoms with Crippen LogP contribution in [0.1, 0.15) is 37.5 Å². The van der Waals surface area contributed by atoms with Crippen LogP contribution >= 0.6 is 0 Å². The summed E-state index contributed by atoms with van der Waals surface area (Å²) in [6, 6.07) is 16.5. The molecule has 5 nitrogen and oxygen atoms in total. The van der Waals surface area contributed by atoms with Crippen molar-refractivity contribution in [3.63, 3.8) is 0 Å². The van der Waals surface area contributed by atoms with Gasteiger partial charge in [0, 0.05) is 5.56 Å². The Hall–Kier alpha value is -2.82. The molecule has 3 rings (SSSR count). The maximum Gasteiger partial charge on any atom is 0.306 e. The van der Waals surface area contributed by atoms with Gasteiger partial charge < -0.3 is 14.7 Å². The number of hydrogen-bond donors (Lipinski definition) is 1. The lowest BCUT2D eigenvalue weighted by molar-refractivity contribution is -0.146. The molecule has 136 valence electrons. The number of carbonyl (C=O) groups is 1. The van der Waals surface area contributed by atoms with Crippen LogP contribution in [-0.4, -0.2) is 23.4 Å². The summed E-state index contributed by atoms with van der Waals surface area (Å²) >= 11 is 0. The van der Waals surface area contributed by atoms with Crippen molar-refractivity contribution >= 4 is 11.7 Å². The molecule has 2 unspecified atom stereocenters. The maximum atomic E-state index is 12.3. The van der Waals surface area contributed by atoms with E-state index in [0.29, 0.717) is 12.3 Å². The zero-order valence-corrected chi connectivity index (χ0v) is 15.0. The van der Waals surface area contributed by atoms with Gasteiger partial charge in [-0.05, 0) is 35.7 Å². The smallest absolute Gasteiger partial charge is 0.306 e. The Bertz CT molecular complexity index is 768. The van der Waals surface area contributed by atoms with Crippen LogP contribution in [0.3, 0.4) is 0 Å². The van der Waals surface area contributed by atoms with Crippen LogP contribution in [0, 0.1) is 11.8 Å². The fraction of sp³-hybridized carbons (Fsp3) is 0.333. The molecule has 2 aromatic carbocycles. The number of phenolic OH excluding ortho intramolecular Hbond substituents is 1. The van der Waals surface area contributed by atoms with E-state index in [2.05, 4.69) is 5.16 Å². The summed E-state index contributed by atoms with van der Waals surface area (Å²) in [6.45, 7) is 4.40. The molecule has 1 N–H and O–H groups in total. The van der Waals surface area contributed by atoms with Crippen molar-refractivity contribution in [1.82, 2.24) is 0 Å². The minimum absolute atomic E-state index is 0.181. The van der Waals surface area contributed by atoms with Gasteiger partial charge in [-0.2, -0.15) is 0 Å². The van der Waals surface area contributed by atoms with Crippen LogP contribution in [0.2, 0.25) is 0 Å². The van der Waals surface area contributed by atoms with Crippen molar-refractivity contribution in [3.8, 4) is 5.75 Å². The third-order valence-corrected chi connectivity index (χ3v) is 4.24. The molecule has 0 spiro atoms. The Labute approximate surface area is 153 Å². The van der Waals surface area contributed by atoms with Crippen LogP contribution in [-0.2, 0) is 14.4 Å². The number of benzene rings is 2. The minimum atomic E-state index is -0.341. The molecule has 0 aromatic heterocycles. The second-order valence-electron chi connectivity index (χ2n) is 6.85. The van der Waals surface area contributed by atoms with Crippen molar-refractivity contribution in [3.05, 3.63) is 65.7 Å². The molecule has 5 heteroatoms. The van der Waals surface area contributed by atoms with Gasteiger partial charge in [-0.15, -0.1) is 0 Å². The maximum absolute atomic E-state index is 12.3. The first-order chi connectivity index (χ1) is 12.5. The summed E-state index contributed by atoms with van der Waals surface area (Å²) in [5.74, 6) is -0.0436. The van der Waals surface area contributed by atoms with E-state index in [1.54, 1.807) is 24.3 Å². The second-order valence-corrected chi connectivity index (χ2v) is 6.85. The van der Waals surface area contributed by atoms with Gasteiger partial charge in [0.1, 0.15) is 5.75 Å². The van der Waals surface area contributed by atoms with Crippen molar-refractivity contribution < 1.29 is 19.5 Å². The predicted octanol–water partition coefficient (Wildman–Crippen LogP) is 4.07. The Kier molecular flexibility index (Phi) is 5.56. The van der Waals surface area contributed by atoms with Crippen LogP contribution in [0.15, 0.2) is 59.8 Å². The lowest BCUT2D eigenvalue weighted by Gasteiger charge is -2.19. The van der Waals surface area contributed by atoms with Crippen LogP contribution in [0.25, 0.3) is 0 Å². The van der Waals surface area contributed by atoms with Crippen LogP contribution in [0.5, 0.6) is 5.75 Å². The highest BCUT2D eigenvalue weighted by Crippen LogP contribution is 2.37. The fourth-order valence-electron chi connectivity index (χ4n) is 2.93. The summed E-state index contributed by atoms with van der Waals surface area (Å²) in [5, 5.41) is 13.8. The quantitative estimate of drug-likeness (QED) is 0.795. The Balaban J connectivity index is 1.83. The number of oxime groups is 1. The van der Waals surface area contributed by atoms with Crippen molar-refractivity contribution in [2.45, 2.75) is 26.4 Å². The molecule has 0 fully saturated rings. The first kappa shape index (κ1) is 18.0. The first-order valence-electron chi connectivity index (χ1n) is 8.78. The van der Waals surface area contributed by atoms with Gasteiger partial charge in [0.25, 0.3) is 0 Å². The number of nitrogens with zero attached hydrogens (tertiary/aromatic N) is 1. The van der Waals surface area contributed by atoms with Crippen LogP contribution < -0.4 is 0 Å². The van der Waals surface area contributed by atoms with Gasteiger partial charge in [-0.25, -0.2) is 0 Å². The number of aromatic hydroxyl groups is 1. The molecule has 0 saturated heterocycles. The second kappa shape index (κ2) is 8.04. The highest BCUT2D eigenvalue weighted by atomic mass is 16.6. The molecule has 1 aliphatic heterocycles. The Morgan fingerprint density at radius 3 is 2.50 bits per heavy atom. The topological polar surface area (TPSA) is 68.1 Å². The van der Waals surface area contributed by atoms with Gasteiger partial charge in [-0.3, -0.25) is 4.79 Å².